The minimum Gasteiger partial charge on any atom is -0.481 e. The summed E-state index contributed by atoms with van der Waals surface area (Å²) in [5.41, 5.74) is 7.45. The molecule has 0 atom stereocenters. The summed E-state index contributed by atoms with van der Waals surface area (Å²) in [6.07, 6.45) is 0. The van der Waals surface area contributed by atoms with Crippen LogP contribution in [0.15, 0.2) is 54.6 Å². The Bertz CT molecular complexity index is 756. The molecule has 4 heteroatoms. The lowest BCUT2D eigenvalue weighted by atomic mass is 10.1. The van der Waals surface area contributed by atoms with Gasteiger partial charge in [0, 0.05) is 11.8 Å². The van der Waals surface area contributed by atoms with Crippen LogP contribution in [-0.4, -0.2) is 12.1 Å². The van der Waals surface area contributed by atoms with Gasteiger partial charge in [0.25, 0.3) is 0 Å². The highest BCUT2D eigenvalue weighted by Crippen LogP contribution is 2.26. The van der Waals surface area contributed by atoms with Gasteiger partial charge < -0.3 is 15.8 Å². The largest absolute Gasteiger partial charge is 0.481 e. The van der Waals surface area contributed by atoms with E-state index in [9.17, 15) is 0 Å². The molecule has 2 aromatic carbocycles. The predicted molar refractivity (Wildman–Crippen MR) is 82.4 cm³/mol. The number of anilines is 3. The van der Waals surface area contributed by atoms with Crippen molar-refractivity contribution < 1.29 is 4.74 Å². The third-order valence-electron chi connectivity index (χ3n) is 3.12. The van der Waals surface area contributed by atoms with E-state index in [1.165, 1.54) is 10.8 Å². The maximum Gasteiger partial charge on any atom is 0.215 e. The summed E-state index contributed by atoms with van der Waals surface area (Å²) in [7, 11) is 1.58. The summed E-state index contributed by atoms with van der Waals surface area (Å²) in [6, 6.07) is 17.8. The predicted octanol–water partition coefficient (Wildman–Crippen LogP) is 3.57. The van der Waals surface area contributed by atoms with E-state index < -0.39 is 0 Å². The van der Waals surface area contributed by atoms with Crippen molar-refractivity contribution in [2.45, 2.75) is 0 Å². The number of fused-ring (bicyclic) bond motifs is 1. The van der Waals surface area contributed by atoms with Crippen molar-refractivity contribution in [2.24, 2.45) is 0 Å². The first-order chi connectivity index (χ1) is 9.76. The molecule has 0 radical (unpaired) electrons. The van der Waals surface area contributed by atoms with Crippen LogP contribution in [0, 0.1) is 0 Å². The second kappa shape index (κ2) is 5.09. The topological polar surface area (TPSA) is 60.2 Å². The molecule has 0 spiro atoms. The van der Waals surface area contributed by atoms with E-state index in [0.717, 1.165) is 5.69 Å². The Kier molecular flexibility index (Phi) is 3.13. The maximum absolute atomic E-state index is 5.92. The Balaban J connectivity index is 1.96. The SMILES string of the molecule is COc1ccc(N)c(Nc2ccc3ccccc3c2)n1. The van der Waals surface area contributed by atoms with Gasteiger partial charge in [-0.2, -0.15) is 4.98 Å². The molecule has 3 N–H and O–H groups in total. The molecule has 0 aliphatic rings. The van der Waals surface area contributed by atoms with Crippen molar-refractivity contribution in [2.75, 3.05) is 18.2 Å². The molecular weight excluding hydrogens is 250 g/mol. The summed E-state index contributed by atoms with van der Waals surface area (Å²) in [6.45, 7) is 0. The number of nitrogens with two attached hydrogens (primary N) is 1. The molecule has 0 saturated carbocycles. The van der Waals surface area contributed by atoms with Gasteiger partial charge in [-0.25, -0.2) is 0 Å². The first-order valence-electron chi connectivity index (χ1n) is 6.32. The molecule has 0 amide bonds. The zero-order valence-corrected chi connectivity index (χ0v) is 11.1. The second-order valence-electron chi connectivity index (χ2n) is 4.48. The van der Waals surface area contributed by atoms with E-state index in [2.05, 4.69) is 34.6 Å². The lowest BCUT2D eigenvalue weighted by molar-refractivity contribution is 0.398. The number of nitrogens with one attached hydrogen (secondary N) is 1. The van der Waals surface area contributed by atoms with Crippen LogP contribution in [-0.2, 0) is 0 Å². The molecule has 100 valence electrons. The standard InChI is InChI=1S/C16H15N3O/c1-20-15-9-8-14(17)16(19-15)18-13-7-6-11-4-2-3-5-12(11)10-13/h2-10H,17H2,1H3,(H,18,19). The van der Waals surface area contributed by atoms with Crippen LogP contribution in [0.4, 0.5) is 17.2 Å². The molecule has 0 unspecified atom stereocenters. The summed E-state index contributed by atoms with van der Waals surface area (Å²) in [4.78, 5) is 4.31. The van der Waals surface area contributed by atoms with Crippen LogP contribution in [0.5, 0.6) is 5.88 Å². The third kappa shape index (κ3) is 2.36. The fourth-order valence-corrected chi connectivity index (χ4v) is 2.07. The molecule has 3 aromatic rings. The van der Waals surface area contributed by atoms with E-state index in [4.69, 9.17) is 10.5 Å². The number of nitrogen functional groups attached to an aromatic ring is 1. The normalized spacial score (nSPS) is 10.4. The lowest BCUT2D eigenvalue weighted by Crippen LogP contribution is -2.00. The molecule has 0 fully saturated rings. The number of aromatic nitrogens is 1. The first kappa shape index (κ1) is 12.3. The van der Waals surface area contributed by atoms with Crippen LogP contribution in [0.1, 0.15) is 0 Å². The van der Waals surface area contributed by atoms with Gasteiger partial charge in [-0.3, -0.25) is 0 Å². The van der Waals surface area contributed by atoms with Gasteiger partial charge in [0.1, 0.15) is 0 Å². The average molecular weight is 265 g/mol. The Morgan fingerprint density at radius 2 is 1.80 bits per heavy atom. The van der Waals surface area contributed by atoms with E-state index in [1.807, 2.05) is 18.2 Å². The van der Waals surface area contributed by atoms with Gasteiger partial charge in [-0.1, -0.05) is 30.3 Å². The summed E-state index contributed by atoms with van der Waals surface area (Å²) in [5.74, 6) is 1.13. The molecular formula is C16H15N3O. The van der Waals surface area contributed by atoms with Crippen molar-refractivity contribution in [3.63, 3.8) is 0 Å². The Morgan fingerprint density at radius 3 is 2.60 bits per heavy atom. The van der Waals surface area contributed by atoms with E-state index in [1.54, 1.807) is 19.2 Å². The molecule has 1 heterocycles. The van der Waals surface area contributed by atoms with Gasteiger partial charge in [-0.05, 0) is 29.0 Å². The van der Waals surface area contributed by atoms with Gasteiger partial charge in [-0.15, -0.1) is 0 Å². The molecule has 0 aliphatic heterocycles. The smallest absolute Gasteiger partial charge is 0.215 e. The van der Waals surface area contributed by atoms with Crippen LogP contribution in [0.2, 0.25) is 0 Å². The minimum atomic E-state index is 0.530. The van der Waals surface area contributed by atoms with Gasteiger partial charge in [0.05, 0.1) is 12.8 Å². The van der Waals surface area contributed by atoms with Crippen molar-refractivity contribution in [3.8, 4) is 5.88 Å². The summed E-state index contributed by atoms with van der Waals surface area (Å²) < 4.78 is 5.11. The van der Waals surface area contributed by atoms with Crippen molar-refractivity contribution in [1.29, 1.82) is 0 Å². The fraction of sp³-hybridized carbons (Fsp3) is 0.0625. The minimum absolute atomic E-state index is 0.530. The Morgan fingerprint density at radius 1 is 1.00 bits per heavy atom. The average Bonchev–Trinajstić information content (AvgIpc) is 2.49. The van der Waals surface area contributed by atoms with Gasteiger partial charge in [0.2, 0.25) is 5.88 Å². The number of ether oxygens (including phenoxy) is 1. The van der Waals surface area contributed by atoms with Crippen LogP contribution in [0.3, 0.4) is 0 Å². The highest BCUT2D eigenvalue weighted by Gasteiger charge is 2.04. The van der Waals surface area contributed by atoms with Crippen LogP contribution < -0.4 is 15.8 Å². The number of pyridine rings is 1. The number of methoxy groups -OCH3 is 1. The number of benzene rings is 2. The quantitative estimate of drug-likeness (QED) is 0.760. The van der Waals surface area contributed by atoms with Crippen molar-refractivity contribution in [1.82, 2.24) is 4.98 Å². The Hall–Kier alpha value is -2.75. The van der Waals surface area contributed by atoms with Crippen molar-refractivity contribution in [3.05, 3.63) is 54.6 Å². The maximum atomic E-state index is 5.92. The fourth-order valence-electron chi connectivity index (χ4n) is 2.07. The zero-order chi connectivity index (χ0) is 13.9. The summed E-state index contributed by atoms with van der Waals surface area (Å²) >= 11 is 0. The third-order valence-corrected chi connectivity index (χ3v) is 3.12. The number of hydrogen-bond acceptors (Lipinski definition) is 4. The molecule has 0 bridgehead atoms. The lowest BCUT2D eigenvalue weighted by Gasteiger charge is -2.10. The van der Waals surface area contributed by atoms with E-state index in [-0.39, 0.29) is 0 Å². The number of hydrogen-bond donors (Lipinski definition) is 2. The number of rotatable bonds is 3. The van der Waals surface area contributed by atoms with Gasteiger partial charge in [0.15, 0.2) is 5.82 Å². The highest BCUT2D eigenvalue weighted by atomic mass is 16.5. The molecule has 20 heavy (non-hydrogen) atoms. The van der Waals surface area contributed by atoms with E-state index >= 15 is 0 Å². The monoisotopic (exact) mass is 265 g/mol. The molecule has 1 aromatic heterocycles. The zero-order valence-electron chi connectivity index (χ0n) is 11.1. The highest BCUT2D eigenvalue weighted by molar-refractivity contribution is 5.86. The Labute approximate surface area is 117 Å². The van der Waals surface area contributed by atoms with Crippen LogP contribution >= 0.6 is 0 Å². The molecule has 0 saturated heterocycles. The molecule has 0 aliphatic carbocycles. The van der Waals surface area contributed by atoms with Crippen LogP contribution in [0.25, 0.3) is 10.8 Å². The molecule has 3 rings (SSSR count). The summed E-state index contributed by atoms with van der Waals surface area (Å²) in [5, 5.41) is 5.59. The number of nitrogens with zero attached hydrogens (tertiary/aromatic N) is 1. The van der Waals surface area contributed by atoms with E-state index in [0.29, 0.717) is 17.4 Å². The first-order valence-corrected chi connectivity index (χ1v) is 6.32. The second-order valence-corrected chi connectivity index (χ2v) is 4.48. The molecule has 4 nitrogen and oxygen atoms in total. The van der Waals surface area contributed by atoms with Crippen molar-refractivity contribution >= 4 is 28.0 Å². The van der Waals surface area contributed by atoms with Gasteiger partial charge >= 0.3 is 0 Å².